The molecule has 0 spiro atoms. The van der Waals surface area contributed by atoms with Crippen molar-refractivity contribution in [1.29, 1.82) is 0 Å². The molecular formula is C12H19ClN4O2. The zero-order valence-electron chi connectivity index (χ0n) is 11.3. The monoisotopic (exact) mass is 286 g/mol. The first-order valence-corrected chi connectivity index (χ1v) is 6.27. The third-order valence-electron chi connectivity index (χ3n) is 1.95. The highest BCUT2D eigenvalue weighted by Gasteiger charge is 2.15. The first-order chi connectivity index (χ1) is 8.78. The fourth-order valence-electron chi connectivity index (χ4n) is 1.24. The summed E-state index contributed by atoms with van der Waals surface area (Å²) in [4.78, 5) is 15.4. The number of hydrogen-bond acceptors (Lipinski definition) is 5. The highest BCUT2D eigenvalue weighted by Crippen LogP contribution is 2.20. The number of anilines is 2. The maximum absolute atomic E-state index is 11.4. The lowest BCUT2D eigenvalue weighted by atomic mass is 10.2. The summed E-state index contributed by atoms with van der Waals surface area (Å²) in [6, 6.07) is 1.61. The van der Waals surface area contributed by atoms with Gasteiger partial charge in [0.25, 0.3) is 0 Å². The van der Waals surface area contributed by atoms with E-state index in [1.165, 1.54) is 6.20 Å². The van der Waals surface area contributed by atoms with Gasteiger partial charge in [0.15, 0.2) is 0 Å². The largest absolute Gasteiger partial charge is 0.444 e. The van der Waals surface area contributed by atoms with E-state index < -0.39 is 11.7 Å². The van der Waals surface area contributed by atoms with Crippen molar-refractivity contribution in [2.24, 2.45) is 0 Å². The van der Waals surface area contributed by atoms with Gasteiger partial charge in [-0.15, -0.1) is 0 Å². The van der Waals surface area contributed by atoms with Crippen LogP contribution in [0.4, 0.5) is 16.3 Å². The number of nitrogens with two attached hydrogens (primary N) is 1. The maximum atomic E-state index is 11.4. The van der Waals surface area contributed by atoms with E-state index >= 15 is 0 Å². The number of nitrogen functional groups attached to an aromatic ring is 1. The first kappa shape index (κ1) is 15.4. The average molecular weight is 287 g/mol. The summed E-state index contributed by atoms with van der Waals surface area (Å²) in [6.45, 7) is 6.31. The molecule has 0 saturated heterocycles. The van der Waals surface area contributed by atoms with Crippen molar-refractivity contribution in [1.82, 2.24) is 10.3 Å². The molecule has 0 aliphatic rings. The SMILES string of the molecule is CC(C)(C)OC(=O)NCCNc1ncc(N)cc1Cl. The van der Waals surface area contributed by atoms with Gasteiger partial charge < -0.3 is 21.1 Å². The van der Waals surface area contributed by atoms with Crippen LogP contribution in [0.15, 0.2) is 12.3 Å². The number of pyridine rings is 1. The highest BCUT2D eigenvalue weighted by molar-refractivity contribution is 6.33. The number of carbonyl (C=O) groups is 1. The predicted octanol–water partition coefficient (Wildman–Crippen LogP) is 2.25. The summed E-state index contributed by atoms with van der Waals surface area (Å²) in [6.07, 6.45) is 1.06. The molecule has 0 radical (unpaired) electrons. The smallest absolute Gasteiger partial charge is 0.407 e. The second kappa shape index (κ2) is 6.47. The molecule has 19 heavy (non-hydrogen) atoms. The Hall–Kier alpha value is -1.69. The molecule has 0 aromatic carbocycles. The molecule has 0 aliphatic carbocycles. The van der Waals surface area contributed by atoms with Crippen molar-refractivity contribution < 1.29 is 9.53 Å². The molecule has 1 aromatic heterocycles. The zero-order chi connectivity index (χ0) is 14.5. The van der Waals surface area contributed by atoms with E-state index in [4.69, 9.17) is 22.1 Å². The second-order valence-corrected chi connectivity index (χ2v) is 5.36. The number of carbonyl (C=O) groups excluding carboxylic acids is 1. The first-order valence-electron chi connectivity index (χ1n) is 5.89. The van der Waals surface area contributed by atoms with Gasteiger partial charge in [-0.25, -0.2) is 9.78 Å². The third kappa shape index (κ3) is 6.15. The lowest BCUT2D eigenvalue weighted by Gasteiger charge is -2.19. The normalized spacial score (nSPS) is 10.9. The lowest BCUT2D eigenvalue weighted by molar-refractivity contribution is 0.0530. The van der Waals surface area contributed by atoms with Gasteiger partial charge in [0.2, 0.25) is 0 Å². The number of halogens is 1. The number of aromatic nitrogens is 1. The van der Waals surface area contributed by atoms with Crippen LogP contribution in [-0.2, 0) is 4.74 Å². The Bertz CT molecular complexity index is 446. The molecule has 1 aromatic rings. The highest BCUT2D eigenvalue weighted by atomic mass is 35.5. The van der Waals surface area contributed by atoms with E-state index in [1.807, 2.05) is 20.8 Å². The van der Waals surface area contributed by atoms with Crippen molar-refractivity contribution in [3.05, 3.63) is 17.3 Å². The molecule has 106 valence electrons. The summed E-state index contributed by atoms with van der Waals surface area (Å²) in [7, 11) is 0. The minimum Gasteiger partial charge on any atom is -0.444 e. The summed E-state index contributed by atoms with van der Waals surface area (Å²) in [5, 5.41) is 6.05. The van der Waals surface area contributed by atoms with E-state index in [-0.39, 0.29) is 0 Å². The van der Waals surface area contributed by atoms with Crippen molar-refractivity contribution in [2.75, 3.05) is 24.1 Å². The van der Waals surface area contributed by atoms with E-state index in [2.05, 4.69) is 15.6 Å². The van der Waals surface area contributed by atoms with Crippen LogP contribution >= 0.6 is 11.6 Å². The molecule has 1 heterocycles. The van der Waals surface area contributed by atoms with Gasteiger partial charge in [-0.1, -0.05) is 11.6 Å². The fourth-order valence-corrected chi connectivity index (χ4v) is 1.48. The minimum atomic E-state index is -0.501. The van der Waals surface area contributed by atoms with Gasteiger partial charge >= 0.3 is 6.09 Å². The van der Waals surface area contributed by atoms with Gasteiger partial charge in [0, 0.05) is 13.1 Å². The van der Waals surface area contributed by atoms with Crippen LogP contribution in [-0.4, -0.2) is 29.8 Å². The van der Waals surface area contributed by atoms with E-state index in [1.54, 1.807) is 6.07 Å². The van der Waals surface area contributed by atoms with Crippen LogP contribution in [0.3, 0.4) is 0 Å². The fraction of sp³-hybridized carbons (Fsp3) is 0.500. The van der Waals surface area contributed by atoms with Crippen molar-refractivity contribution in [3.8, 4) is 0 Å². The van der Waals surface area contributed by atoms with Crippen molar-refractivity contribution in [3.63, 3.8) is 0 Å². The number of alkyl carbamates (subject to hydrolysis) is 1. The third-order valence-corrected chi connectivity index (χ3v) is 2.24. The molecule has 0 saturated carbocycles. The molecule has 0 atom stereocenters. The quantitative estimate of drug-likeness (QED) is 0.739. The Balaban J connectivity index is 2.29. The number of hydrogen-bond donors (Lipinski definition) is 3. The van der Waals surface area contributed by atoms with Gasteiger partial charge in [0.1, 0.15) is 11.4 Å². The number of rotatable bonds is 4. The molecule has 0 aliphatic heterocycles. The summed E-state index contributed by atoms with van der Waals surface area (Å²) < 4.78 is 5.09. The second-order valence-electron chi connectivity index (χ2n) is 4.95. The van der Waals surface area contributed by atoms with Crippen LogP contribution in [0.5, 0.6) is 0 Å². The molecular weight excluding hydrogens is 268 g/mol. The minimum absolute atomic E-state index is 0.400. The zero-order valence-corrected chi connectivity index (χ0v) is 12.0. The van der Waals surface area contributed by atoms with Crippen molar-refractivity contribution in [2.45, 2.75) is 26.4 Å². The Labute approximate surface area is 117 Å². The Morgan fingerprint density at radius 1 is 1.47 bits per heavy atom. The average Bonchev–Trinajstić information content (AvgIpc) is 2.24. The number of amides is 1. The van der Waals surface area contributed by atoms with Crippen molar-refractivity contribution >= 4 is 29.2 Å². The van der Waals surface area contributed by atoms with Crippen LogP contribution < -0.4 is 16.4 Å². The summed E-state index contributed by atoms with van der Waals surface area (Å²) in [5.41, 5.74) is 5.53. The molecule has 4 N–H and O–H groups in total. The number of ether oxygens (including phenoxy) is 1. The summed E-state index contributed by atoms with van der Waals surface area (Å²) >= 11 is 5.94. The van der Waals surface area contributed by atoms with Crippen LogP contribution in [0.1, 0.15) is 20.8 Å². The van der Waals surface area contributed by atoms with Gasteiger partial charge in [0.05, 0.1) is 16.9 Å². The molecule has 0 bridgehead atoms. The van der Waals surface area contributed by atoms with Crippen LogP contribution in [0.2, 0.25) is 5.02 Å². The van der Waals surface area contributed by atoms with E-state index in [9.17, 15) is 4.79 Å². The van der Waals surface area contributed by atoms with E-state index in [0.717, 1.165) is 0 Å². The van der Waals surface area contributed by atoms with E-state index in [0.29, 0.717) is 29.6 Å². The van der Waals surface area contributed by atoms with Crippen LogP contribution in [0.25, 0.3) is 0 Å². The Morgan fingerprint density at radius 3 is 2.74 bits per heavy atom. The Morgan fingerprint density at radius 2 is 2.16 bits per heavy atom. The number of nitrogens with one attached hydrogen (secondary N) is 2. The molecule has 0 fully saturated rings. The van der Waals surface area contributed by atoms with Gasteiger partial charge in [-0.2, -0.15) is 0 Å². The van der Waals surface area contributed by atoms with Crippen LogP contribution in [0, 0.1) is 0 Å². The predicted molar refractivity (Wildman–Crippen MR) is 76.4 cm³/mol. The lowest BCUT2D eigenvalue weighted by Crippen LogP contribution is -2.35. The topological polar surface area (TPSA) is 89.3 Å². The molecule has 1 amide bonds. The molecule has 7 heteroatoms. The Kier molecular flexibility index (Phi) is 5.23. The molecule has 6 nitrogen and oxygen atoms in total. The maximum Gasteiger partial charge on any atom is 0.407 e. The van der Waals surface area contributed by atoms with Gasteiger partial charge in [-0.05, 0) is 26.8 Å². The molecule has 1 rings (SSSR count). The standard InChI is InChI=1S/C12H19ClN4O2/c1-12(2,3)19-11(18)16-5-4-15-10-9(13)6-8(14)7-17-10/h6-7H,4-5,14H2,1-3H3,(H,15,17)(H,16,18). The molecule has 0 unspecified atom stereocenters. The van der Waals surface area contributed by atoms with Gasteiger partial charge in [-0.3, -0.25) is 0 Å². The summed E-state index contributed by atoms with van der Waals surface area (Å²) in [5.74, 6) is 0.529. The number of nitrogens with zero attached hydrogens (tertiary/aromatic N) is 1.